The number of furan rings is 1. The molecule has 0 radical (unpaired) electrons. The molecule has 0 saturated carbocycles. The quantitative estimate of drug-likeness (QED) is 0.886. The number of hydrogen-bond acceptors (Lipinski definition) is 4. The third-order valence-electron chi connectivity index (χ3n) is 4.48. The SMILES string of the molecule is CCc1ccc(S(=O)(=O)NC2CCN(C(=O)c3ccco3)CC2)cc1. The molecule has 0 unspecified atom stereocenters. The van der Waals surface area contributed by atoms with Crippen molar-refractivity contribution in [3.8, 4) is 0 Å². The third kappa shape index (κ3) is 4.11. The van der Waals surface area contributed by atoms with Gasteiger partial charge in [0.15, 0.2) is 5.76 Å². The number of piperidine rings is 1. The highest BCUT2D eigenvalue weighted by molar-refractivity contribution is 7.89. The fourth-order valence-corrected chi connectivity index (χ4v) is 4.25. The van der Waals surface area contributed by atoms with Crippen LogP contribution >= 0.6 is 0 Å². The van der Waals surface area contributed by atoms with E-state index in [-0.39, 0.29) is 16.8 Å². The molecule has 1 fully saturated rings. The zero-order valence-corrected chi connectivity index (χ0v) is 15.0. The first-order valence-electron chi connectivity index (χ1n) is 8.43. The van der Waals surface area contributed by atoms with Gasteiger partial charge in [0.2, 0.25) is 10.0 Å². The van der Waals surface area contributed by atoms with Crippen LogP contribution < -0.4 is 4.72 Å². The van der Waals surface area contributed by atoms with Crippen LogP contribution in [0.25, 0.3) is 0 Å². The van der Waals surface area contributed by atoms with Crippen molar-refractivity contribution >= 4 is 15.9 Å². The number of aryl methyl sites for hydroxylation is 1. The van der Waals surface area contributed by atoms with Gasteiger partial charge < -0.3 is 9.32 Å². The zero-order valence-electron chi connectivity index (χ0n) is 14.1. The number of likely N-dealkylation sites (tertiary alicyclic amines) is 1. The Bertz CT molecular complexity index is 805. The van der Waals surface area contributed by atoms with Gasteiger partial charge in [-0.25, -0.2) is 13.1 Å². The highest BCUT2D eigenvalue weighted by atomic mass is 32.2. The largest absolute Gasteiger partial charge is 0.459 e. The van der Waals surface area contributed by atoms with Crippen molar-refractivity contribution in [1.82, 2.24) is 9.62 Å². The fraction of sp³-hybridized carbons (Fsp3) is 0.389. The van der Waals surface area contributed by atoms with Crippen LogP contribution in [-0.4, -0.2) is 38.4 Å². The molecule has 25 heavy (non-hydrogen) atoms. The maximum Gasteiger partial charge on any atom is 0.289 e. The maximum absolute atomic E-state index is 12.5. The Kier molecular flexibility index (Phi) is 5.24. The Hall–Kier alpha value is -2.12. The van der Waals surface area contributed by atoms with Crippen LogP contribution in [-0.2, 0) is 16.4 Å². The lowest BCUT2D eigenvalue weighted by molar-refractivity contribution is 0.0679. The highest BCUT2D eigenvalue weighted by Gasteiger charge is 2.28. The number of hydrogen-bond donors (Lipinski definition) is 1. The number of benzene rings is 1. The topological polar surface area (TPSA) is 79.6 Å². The van der Waals surface area contributed by atoms with Gasteiger partial charge in [-0.15, -0.1) is 0 Å². The average molecular weight is 362 g/mol. The molecule has 0 bridgehead atoms. The molecule has 1 aliphatic rings. The molecule has 6 nitrogen and oxygen atoms in total. The summed E-state index contributed by atoms with van der Waals surface area (Å²) in [5, 5.41) is 0. The Balaban J connectivity index is 1.58. The average Bonchev–Trinajstić information content (AvgIpc) is 3.16. The predicted molar refractivity (Wildman–Crippen MR) is 93.8 cm³/mol. The Morgan fingerprint density at radius 3 is 2.44 bits per heavy atom. The predicted octanol–water partition coefficient (Wildman–Crippen LogP) is 2.43. The van der Waals surface area contributed by atoms with Gasteiger partial charge in [-0.1, -0.05) is 19.1 Å². The number of carbonyl (C=O) groups excluding carboxylic acids is 1. The minimum atomic E-state index is -3.54. The van der Waals surface area contributed by atoms with Gasteiger partial charge in [-0.3, -0.25) is 4.79 Å². The summed E-state index contributed by atoms with van der Waals surface area (Å²) < 4.78 is 32.9. The van der Waals surface area contributed by atoms with E-state index in [1.165, 1.54) is 6.26 Å². The summed E-state index contributed by atoms with van der Waals surface area (Å²) in [7, 11) is -3.54. The Morgan fingerprint density at radius 1 is 1.20 bits per heavy atom. The second kappa shape index (κ2) is 7.41. The van der Waals surface area contributed by atoms with Crippen molar-refractivity contribution < 1.29 is 17.6 Å². The zero-order chi connectivity index (χ0) is 17.9. The molecule has 134 valence electrons. The van der Waals surface area contributed by atoms with Gasteiger partial charge in [-0.05, 0) is 49.1 Å². The molecule has 7 heteroatoms. The van der Waals surface area contributed by atoms with E-state index in [4.69, 9.17) is 4.42 Å². The van der Waals surface area contributed by atoms with Crippen LogP contribution in [0.5, 0.6) is 0 Å². The van der Waals surface area contributed by atoms with E-state index in [2.05, 4.69) is 4.72 Å². The van der Waals surface area contributed by atoms with Gasteiger partial charge in [0.1, 0.15) is 0 Å². The monoisotopic (exact) mass is 362 g/mol. The number of carbonyl (C=O) groups is 1. The fourth-order valence-electron chi connectivity index (χ4n) is 2.95. The first kappa shape index (κ1) is 17.7. The van der Waals surface area contributed by atoms with Crippen LogP contribution in [0.2, 0.25) is 0 Å². The lowest BCUT2D eigenvalue weighted by Gasteiger charge is -2.31. The first-order chi connectivity index (χ1) is 12.0. The van der Waals surface area contributed by atoms with Crippen molar-refractivity contribution in [3.63, 3.8) is 0 Å². The third-order valence-corrected chi connectivity index (χ3v) is 6.01. The molecule has 1 aliphatic heterocycles. The van der Waals surface area contributed by atoms with Crippen molar-refractivity contribution in [2.45, 2.75) is 37.1 Å². The summed E-state index contributed by atoms with van der Waals surface area (Å²) in [6, 6.07) is 10.1. The second-order valence-electron chi connectivity index (χ2n) is 6.16. The van der Waals surface area contributed by atoms with E-state index in [9.17, 15) is 13.2 Å². The smallest absolute Gasteiger partial charge is 0.289 e. The molecule has 3 rings (SSSR count). The van der Waals surface area contributed by atoms with E-state index in [1.54, 1.807) is 29.2 Å². The normalized spacial score (nSPS) is 16.1. The minimum Gasteiger partial charge on any atom is -0.459 e. The maximum atomic E-state index is 12.5. The van der Waals surface area contributed by atoms with Crippen LogP contribution in [0, 0.1) is 0 Å². The van der Waals surface area contributed by atoms with Gasteiger partial charge >= 0.3 is 0 Å². The lowest BCUT2D eigenvalue weighted by Crippen LogP contribution is -2.46. The van der Waals surface area contributed by atoms with Crippen LogP contribution in [0.3, 0.4) is 0 Å². The van der Waals surface area contributed by atoms with Crippen LogP contribution in [0.1, 0.15) is 35.9 Å². The van der Waals surface area contributed by atoms with E-state index >= 15 is 0 Å². The molecule has 0 aliphatic carbocycles. The van der Waals surface area contributed by atoms with E-state index < -0.39 is 10.0 Å². The molecule has 1 aromatic heterocycles. The van der Waals surface area contributed by atoms with Crippen molar-refractivity contribution in [3.05, 3.63) is 54.0 Å². The number of nitrogens with one attached hydrogen (secondary N) is 1. The summed E-state index contributed by atoms with van der Waals surface area (Å²) in [5.41, 5.74) is 1.10. The first-order valence-corrected chi connectivity index (χ1v) is 9.92. The summed E-state index contributed by atoms with van der Waals surface area (Å²) in [4.78, 5) is 14.2. The van der Waals surface area contributed by atoms with E-state index in [0.717, 1.165) is 12.0 Å². The summed E-state index contributed by atoms with van der Waals surface area (Å²) >= 11 is 0. The molecule has 1 N–H and O–H groups in total. The standard InChI is InChI=1S/C18H22N2O4S/c1-2-14-5-7-16(8-6-14)25(22,23)19-15-9-11-20(12-10-15)18(21)17-4-3-13-24-17/h3-8,13,15,19H,2,9-12H2,1H3. The van der Waals surface area contributed by atoms with Gasteiger partial charge in [-0.2, -0.15) is 0 Å². The summed E-state index contributed by atoms with van der Waals surface area (Å²) in [6.07, 6.45) is 3.51. The number of sulfonamides is 1. The highest BCUT2D eigenvalue weighted by Crippen LogP contribution is 2.17. The lowest BCUT2D eigenvalue weighted by atomic mass is 10.1. The molecule has 2 heterocycles. The minimum absolute atomic E-state index is 0.151. The molecular weight excluding hydrogens is 340 g/mol. The number of nitrogens with zero attached hydrogens (tertiary/aromatic N) is 1. The second-order valence-corrected chi connectivity index (χ2v) is 7.88. The summed E-state index contributed by atoms with van der Waals surface area (Å²) in [5.74, 6) is 0.163. The number of rotatable bonds is 5. The van der Waals surface area contributed by atoms with Crippen molar-refractivity contribution in [2.75, 3.05) is 13.1 Å². The molecule has 1 aromatic carbocycles. The van der Waals surface area contributed by atoms with Crippen molar-refractivity contribution in [2.24, 2.45) is 0 Å². The molecule has 1 saturated heterocycles. The Morgan fingerprint density at radius 2 is 1.88 bits per heavy atom. The molecule has 0 atom stereocenters. The molecule has 2 aromatic rings. The van der Waals surface area contributed by atoms with Gasteiger partial charge in [0.05, 0.1) is 11.2 Å². The van der Waals surface area contributed by atoms with Crippen LogP contribution in [0.4, 0.5) is 0 Å². The number of amides is 1. The van der Waals surface area contributed by atoms with E-state index in [0.29, 0.717) is 31.7 Å². The van der Waals surface area contributed by atoms with Gasteiger partial charge in [0.25, 0.3) is 5.91 Å². The summed E-state index contributed by atoms with van der Waals surface area (Å²) in [6.45, 7) is 3.03. The van der Waals surface area contributed by atoms with Gasteiger partial charge in [0, 0.05) is 19.1 Å². The molecule has 0 spiro atoms. The van der Waals surface area contributed by atoms with Crippen LogP contribution in [0.15, 0.2) is 52.0 Å². The Labute approximate surface area is 147 Å². The molecule has 1 amide bonds. The molecular formula is C18H22N2O4S. The van der Waals surface area contributed by atoms with Crippen molar-refractivity contribution in [1.29, 1.82) is 0 Å². The van der Waals surface area contributed by atoms with E-state index in [1.807, 2.05) is 19.1 Å².